The molecule has 54 valence electrons. The first-order chi connectivity index (χ1) is 4.13. The zero-order valence-corrected chi connectivity index (χ0v) is 5.52. The van der Waals surface area contributed by atoms with Crippen LogP contribution in [-0.2, 0) is 0 Å². The lowest BCUT2D eigenvalue weighted by Crippen LogP contribution is -2.49. The number of nitrogens with one attached hydrogen (secondary N) is 1. The standard InChI is InChI=1S/C6H12FNO/c1-6(9)2-3-8-4-5(6)7/h5,8-9H,2-4H2,1H3/t5-,6-/m1/s1. The molecule has 9 heavy (non-hydrogen) atoms. The monoisotopic (exact) mass is 133 g/mol. The minimum Gasteiger partial charge on any atom is -0.387 e. The molecule has 0 aromatic rings. The van der Waals surface area contributed by atoms with Gasteiger partial charge in [0.1, 0.15) is 6.17 Å². The van der Waals surface area contributed by atoms with Crippen LogP contribution in [0, 0.1) is 0 Å². The van der Waals surface area contributed by atoms with Crippen LogP contribution in [0.3, 0.4) is 0 Å². The van der Waals surface area contributed by atoms with E-state index in [0.717, 1.165) is 0 Å². The number of aliphatic hydroxyl groups is 1. The van der Waals surface area contributed by atoms with Gasteiger partial charge in [0.15, 0.2) is 0 Å². The van der Waals surface area contributed by atoms with Crippen molar-refractivity contribution in [3.63, 3.8) is 0 Å². The second kappa shape index (κ2) is 2.23. The average Bonchev–Trinajstić information content (AvgIpc) is 1.77. The fourth-order valence-electron chi connectivity index (χ4n) is 0.947. The van der Waals surface area contributed by atoms with Crippen molar-refractivity contribution >= 4 is 0 Å². The van der Waals surface area contributed by atoms with E-state index in [1.165, 1.54) is 0 Å². The number of alkyl halides is 1. The summed E-state index contributed by atoms with van der Waals surface area (Å²) in [7, 11) is 0. The second-order valence-electron chi connectivity index (χ2n) is 2.78. The van der Waals surface area contributed by atoms with Crippen molar-refractivity contribution in [1.29, 1.82) is 0 Å². The molecule has 0 aromatic heterocycles. The number of rotatable bonds is 0. The number of hydrogen-bond donors (Lipinski definition) is 2. The quantitative estimate of drug-likeness (QED) is 0.490. The van der Waals surface area contributed by atoms with Gasteiger partial charge in [-0.15, -0.1) is 0 Å². The van der Waals surface area contributed by atoms with Gasteiger partial charge in [-0.1, -0.05) is 0 Å². The van der Waals surface area contributed by atoms with E-state index in [9.17, 15) is 9.50 Å². The lowest BCUT2D eigenvalue weighted by Gasteiger charge is -2.31. The molecule has 0 radical (unpaired) electrons. The van der Waals surface area contributed by atoms with E-state index >= 15 is 0 Å². The molecule has 2 nitrogen and oxygen atoms in total. The van der Waals surface area contributed by atoms with E-state index in [1.807, 2.05) is 0 Å². The van der Waals surface area contributed by atoms with Gasteiger partial charge in [0.05, 0.1) is 5.60 Å². The molecule has 1 saturated heterocycles. The summed E-state index contributed by atoms with van der Waals surface area (Å²) in [4.78, 5) is 0. The molecule has 0 amide bonds. The van der Waals surface area contributed by atoms with Crippen LogP contribution in [-0.4, -0.2) is 30.0 Å². The Morgan fingerprint density at radius 3 is 2.78 bits per heavy atom. The summed E-state index contributed by atoms with van der Waals surface area (Å²) >= 11 is 0. The van der Waals surface area contributed by atoms with E-state index < -0.39 is 11.8 Å². The van der Waals surface area contributed by atoms with Gasteiger partial charge in [0.25, 0.3) is 0 Å². The van der Waals surface area contributed by atoms with Crippen molar-refractivity contribution < 1.29 is 9.50 Å². The van der Waals surface area contributed by atoms with Gasteiger partial charge in [-0.05, 0) is 19.9 Å². The lowest BCUT2D eigenvalue weighted by atomic mass is 9.93. The maximum absolute atomic E-state index is 12.6. The van der Waals surface area contributed by atoms with Crippen LogP contribution >= 0.6 is 0 Å². The van der Waals surface area contributed by atoms with Gasteiger partial charge in [0, 0.05) is 6.54 Å². The molecule has 0 spiro atoms. The predicted molar refractivity (Wildman–Crippen MR) is 33.0 cm³/mol. The molecular weight excluding hydrogens is 121 g/mol. The van der Waals surface area contributed by atoms with Gasteiger partial charge >= 0.3 is 0 Å². The Balaban J connectivity index is 2.49. The molecule has 0 aliphatic carbocycles. The van der Waals surface area contributed by atoms with Crippen LogP contribution in [0.4, 0.5) is 4.39 Å². The van der Waals surface area contributed by atoms with Crippen LogP contribution in [0.2, 0.25) is 0 Å². The highest BCUT2D eigenvalue weighted by molar-refractivity contribution is 4.88. The minimum absolute atomic E-state index is 0.285. The first-order valence-corrected chi connectivity index (χ1v) is 3.20. The maximum atomic E-state index is 12.6. The molecule has 0 unspecified atom stereocenters. The smallest absolute Gasteiger partial charge is 0.141 e. The molecule has 0 aromatic carbocycles. The number of hydrogen-bond acceptors (Lipinski definition) is 2. The first kappa shape index (κ1) is 6.96. The first-order valence-electron chi connectivity index (χ1n) is 3.20. The molecule has 2 atom stereocenters. The third-order valence-electron chi connectivity index (χ3n) is 1.81. The van der Waals surface area contributed by atoms with Crippen LogP contribution in [0.25, 0.3) is 0 Å². The molecule has 0 saturated carbocycles. The highest BCUT2D eigenvalue weighted by atomic mass is 19.1. The van der Waals surface area contributed by atoms with Crippen molar-refractivity contribution in [2.75, 3.05) is 13.1 Å². The van der Waals surface area contributed by atoms with Crippen LogP contribution < -0.4 is 5.32 Å². The third kappa shape index (κ3) is 1.40. The van der Waals surface area contributed by atoms with Crippen molar-refractivity contribution in [2.24, 2.45) is 0 Å². The Kier molecular flexibility index (Phi) is 1.73. The van der Waals surface area contributed by atoms with E-state index in [-0.39, 0.29) is 6.54 Å². The average molecular weight is 133 g/mol. The zero-order chi connectivity index (χ0) is 6.91. The summed E-state index contributed by atoms with van der Waals surface area (Å²) in [6, 6.07) is 0. The van der Waals surface area contributed by atoms with E-state index in [2.05, 4.69) is 5.32 Å². The molecule has 1 fully saturated rings. The Morgan fingerprint density at radius 1 is 1.78 bits per heavy atom. The van der Waals surface area contributed by atoms with Gasteiger partial charge in [-0.2, -0.15) is 0 Å². The van der Waals surface area contributed by atoms with Crippen molar-refractivity contribution in [3.8, 4) is 0 Å². The lowest BCUT2D eigenvalue weighted by molar-refractivity contribution is -0.0394. The summed E-state index contributed by atoms with van der Waals surface area (Å²) in [5.74, 6) is 0. The van der Waals surface area contributed by atoms with E-state index in [1.54, 1.807) is 6.92 Å². The highest BCUT2D eigenvalue weighted by Gasteiger charge is 2.34. The summed E-state index contributed by atoms with van der Waals surface area (Å²) in [6.07, 6.45) is -0.597. The number of piperidine rings is 1. The molecule has 0 bridgehead atoms. The van der Waals surface area contributed by atoms with E-state index in [0.29, 0.717) is 13.0 Å². The maximum Gasteiger partial charge on any atom is 0.141 e. The van der Waals surface area contributed by atoms with Crippen LogP contribution in [0.5, 0.6) is 0 Å². The fourth-order valence-corrected chi connectivity index (χ4v) is 0.947. The Bertz CT molecular complexity index is 105. The van der Waals surface area contributed by atoms with Gasteiger partial charge in [-0.25, -0.2) is 4.39 Å². The largest absolute Gasteiger partial charge is 0.387 e. The zero-order valence-electron chi connectivity index (χ0n) is 5.52. The second-order valence-corrected chi connectivity index (χ2v) is 2.78. The normalized spacial score (nSPS) is 45.0. The predicted octanol–water partition coefficient (Wildman–Crippen LogP) is 0.0688. The van der Waals surface area contributed by atoms with Crippen molar-refractivity contribution in [1.82, 2.24) is 5.32 Å². The highest BCUT2D eigenvalue weighted by Crippen LogP contribution is 2.19. The van der Waals surface area contributed by atoms with Gasteiger partial charge in [-0.3, -0.25) is 0 Å². The van der Waals surface area contributed by atoms with E-state index in [4.69, 9.17) is 0 Å². The fraction of sp³-hybridized carbons (Fsp3) is 1.00. The summed E-state index contributed by atoms with van der Waals surface area (Å²) < 4.78 is 12.6. The van der Waals surface area contributed by atoms with Gasteiger partial charge in [0.2, 0.25) is 0 Å². The molecule has 1 rings (SSSR count). The minimum atomic E-state index is -1.11. The summed E-state index contributed by atoms with van der Waals surface area (Å²) in [5.41, 5.74) is -1.09. The molecule has 2 N–H and O–H groups in total. The molecule has 1 heterocycles. The number of halogens is 1. The summed E-state index contributed by atoms with van der Waals surface area (Å²) in [5, 5.41) is 12.1. The van der Waals surface area contributed by atoms with Crippen molar-refractivity contribution in [3.05, 3.63) is 0 Å². The molecule has 1 aliphatic rings. The summed E-state index contributed by atoms with van der Waals surface area (Å²) in [6.45, 7) is 2.54. The molecule has 1 aliphatic heterocycles. The molecular formula is C6H12FNO. The Labute approximate surface area is 54.1 Å². The van der Waals surface area contributed by atoms with Crippen LogP contribution in [0.15, 0.2) is 0 Å². The van der Waals surface area contributed by atoms with Crippen molar-refractivity contribution in [2.45, 2.75) is 25.1 Å². The van der Waals surface area contributed by atoms with Gasteiger partial charge < -0.3 is 10.4 Å². The van der Waals surface area contributed by atoms with Crippen LogP contribution in [0.1, 0.15) is 13.3 Å². The topological polar surface area (TPSA) is 32.3 Å². The SMILES string of the molecule is C[C@@]1(O)CCNC[C@H]1F. The Morgan fingerprint density at radius 2 is 2.44 bits per heavy atom. The third-order valence-corrected chi connectivity index (χ3v) is 1.81. The Hall–Kier alpha value is -0.150. The molecule has 3 heteroatoms.